The van der Waals surface area contributed by atoms with Gasteiger partial charge >= 0.3 is 11.9 Å². The summed E-state index contributed by atoms with van der Waals surface area (Å²) in [4.78, 5) is 43.6. The highest BCUT2D eigenvalue weighted by Crippen LogP contribution is 2.11. The molecule has 10 nitrogen and oxygen atoms in total. The van der Waals surface area contributed by atoms with Crippen molar-refractivity contribution in [2.24, 2.45) is 0 Å². The van der Waals surface area contributed by atoms with Crippen LogP contribution in [-0.2, 0) is 14.3 Å². The number of nitrogens with one attached hydrogen (secondary N) is 1. The van der Waals surface area contributed by atoms with Crippen LogP contribution in [0.5, 0.6) is 0 Å². The van der Waals surface area contributed by atoms with Crippen LogP contribution < -0.4 is 5.32 Å². The van der Waals surface area contributed by atoms with Gasteiger partial charge in [0.2, 0.25) is 0 Å². The van der Waals surface area contributed by atoms with Gasteiger partial charge in [-0.15, -0.1) is 5.10 Å². The van der Waals surface area contributed by atoms with Gasteiger partial charge < -0.3 is 14.8 Å². The van der Waals surface area contributed by atoms with Gasteiger partial charge in [0.25, 0.3) is 17.5 Å². The first-order valence-corrected chi connectivity index (χ1v) is 8.24. The largest absolute Gasteiger partial charge is 0.465 e. The fourth-order valence-electron chi connectivity index (χ4n) is 2.45. The zero-order valence-corrected chi connectivity index (χ0v) is 15.4. The molecular formula is C18H17N5O5. The summed E-state index contributed by atoms with van der Waals surface area (Å²) in [5.41, 5.74) is 2.30. The minimum absolute atomic E-state index is 0.184. The standard InChI is InChI=1S/C18H17N5O5/c1-10-8-11(2)23-18(19-10)21-15(22-23)17(26)28-9-14(24)20-13-6-4-12(5-7-13)16(25)27-3/h4-8H,9H2,1-3H3,(H,20,24). The minimum Gasteiger partial charge on any atom is -0.465 e. The summed E-state index contributed by atoms with van der Waals surface area (Å²) in [6, 6.07) is 7.88. The lowest BCUT2D eigenvalue weighted by Crippen LogP contribution is -2.21. The Hall–Kier alpha value is -3.82. The van der Waals surface area contributed by atoms with Crippen molar-refractivity contribution in [2.75, 3.05) is 19.0 Å². The third-order valence-electron chi connectivity index (χ3n) is 3.72. The van der Waals surface area contributed by atoms with E-state index in [4.69, 9.17) is 4.74 Å². The molecule has 0 spiro atoms. The molecule has 1 N–H and O–H groups in total. The normalized spacial score (nSPS) is 10.5. The molecule has 3 rings (SSSR count). The number of rotatable bonds is 5. The third kappa shape index (κ3) is 4.11. The Bertz CT molecular complexity index is 1060. The molecule has 2 heterocycles. The van der Waals surface area contributed by atoms with Crippen LogP contribution in [0.1, 0.15) is 32.4 Å². The number of anilines is 1. The van der Waals surface area contributed by atoms with E-state index in [0.717, 1.165) is 11.4 Å². The average Bonchev–Trinajstić information content (AvgIpc) is 3.10. The fraction of sp³-hybridized carbons (Fsp3) is 0.222. The molecule has 0 aliphatic carbocycles. The monoisotopic (exact) mass is 383 g/mol. The summed E-state index contributed by atoms with van der Waals surface area (Å²) in [5, 5.41) is 6.59. The highest BCUT2D eigenvalue weighted by molar-refractivity contribution is 5.95. The predicted octanol–water partition coefficient (Wildman–Crippen LogP) is 1.32. The Morgan fingerprint density at radius 3 is 2.46 bits per heavy atom. The number of ether oxygens (including phenoxy) is 2. The number of hydrogen-bond acceptors (Lipinski definition) is 8. The van der Waals surface area contributed by atoms with Crippen LogP contribution in [0, 0.1) is 13.8 Å². The maximum Gasteiger partial charge on any atom is 0.378 e. The van der Waals surface area contributed by atoms with Crippen molar-refractivity contribution in [1.82, 2.24) is 19.6 Å². The molecule has 0 atom stereocenters. The summed E-state index contributed by atoms with van der Waals surface area (Å²) < 4.78 is 11.0. The number of carbonyl (C=O) groups is 3. The number of carbonyl (C=O) groups excluding carboxylic acids is 3. The second-order valence-corrected chi connectivity index (χ2v) is 5.88. The molecule has 1 amide bonds. The Balaban J connectivity index is 1.59. The Morgan fingerprint density at radius 1 is 1.07 bits per heavy atom. The molecule has 0 saturated carbocycles. The zero-order valence-electron chi connectivity index (χ0n) is 15.4. The van der Waals surface area contributed by atoms with Crippen molar-refractivity contribution >= 4 is 29.3 Å². The first-order chi connectivity index (χ1) is 13.4. The molecule has 0 aliphatic heterocycles. The van der Waals surface area contributed by atoms with E-state index >= 15 is 0 Å². The topological polar surface area (TPSA) is 125 Å². The maximum absolute atomic E-state index is 12.1. The maximum atomic E-state index is 12.1. The van der Waals surface area contributed by atoms with Crippen LogP contribution in [0.3, 0.4) is 0 Å². The molecule has 3 aromatic rings. The first kappa shape index (κ1) is 19.0. The molecule has 28 heavy (non-hydrogen) atoms. The van der Waals surface area contributed by atoms with Crippen molar-refractivity contribution < 1.29 is 23.9 Å². The van der Waals surface area contributed by atoms with Crippen LogP contribution in [0.25, 0.3) is 5.78 Å². The summed E-state index contributed by atoms with van der Waals surface area (Å²) >= 11 is 0. The number of hydrogen-bond donors (Lipinski definition) is 1. The Labute approximate surface area is 159 Å². The van der Waals surface area contributed by atoms with E-state index in [1.807, 2.05) is 13.8 Å². The third-order valence-corrected chi connectivity index (χ3v) is 3.72. The lowest BCUT2D eigenvalue weighted by Gasteiger charge is -2.06. The second kappa shape index (κ2) is 7.82. The van der Waals surface area contributed by atoms with E-state index in [1.54, 1.807) is 6.07 Å². The molecule has 0 aliphatic rings. The number of esters is 2. The highest BCUT2D eigenvalue weighted by atomic mass is 16.5. The number of benzene rings is 1. The zero-order chi connectivity index (χ0) is 20.3. The van der Waals surface area contributed by atoms with Crippen molar-refractivity contribution in [1.29, 1.82) is 0 Å². The molecule has 0 saturated heterocycles. The molecule has 0 unspecified atom stereocenters. The van der Waals surface area contributed by atoms with Crippen molar-refractivity contribution in [2.45, 2.75) is 13.8 Å². The van der Waals surface area contributed by atoms with Gasteiger partial charge in [-0.1, -0.05) is 0 Å². The molecule has 0 radical (unpaired) electrons. The van der Waals surface area contributed by atoms with E-state index in [2.05, 4.69) is 25.1 Å². The van der Waals surface area contributed by atoms with Crippen molar-refractivity contribution in [3.8, 4) is 0 Å². The van der Waals surface area contributed by atoms with E-state index in [0.29, 0.717) is 11.3 Å². The van der Waals surface area contributed by atoms with Gasteiger partial charge in [0.1, 0.15) is 0 Å². The predicted molar refractivity (Wildman–Crippen MR) is 96.9 cm³/mol. The molecule has 10 heteroatoms. The van der Waals surface area contributed by atoms with Gasteiger partial charge in [-0.25, -0.2) is 19.1 Å². The second-order valence-electron chi connectivity index (χ2n) is 5.88. The number of amides is 1. The van der Waals surface area contributed by atoms with E-state index < -0.39 is 24.5 Å². The van der Waals surface area contributed by atoms with Crippen LogP contribution in [-0.4, -0.2) is 51.1 Å². The van der Waals surface area contributed by atoms with E-state index in [9.17, 15) is 14.4 Å². The van der Waals surface area contributed by atoms with Crippen LogP contribution >= 0.6 is 0 Å². The summed E-state index contributed by atoms with van der Waals surface area (Å²) in [6.45, 7) is 3.10. The fourth-order valence-corrected chi connectivity index (χ4v) is 2.45. The molecule has 144 valence electrons. The number of fused-ring (bicyclic) bond motifs is 1. The molecule has 0 bridgehead atoms. The molecule has 0 fully saturated rings. The molecule has 1 aromatic carbocycles. The lowest BCUT2D eigenvalue weighted by molar-refractivity contribution is -0.119. The van der Waals surface area contributed by atoms with Gasteiger partial charge in [-0.2, -0.15) is 4.98 Å². The quantitative estimate of drug-likeness (QED) is 0.654. The Kier molecular flexibility index (Phi) is 5.30. The number of aromatic nitrogens is 4. The van der Waals surface area contributed by atoms with E-state index in [-0.39, 0.29) is 11.6 Å². The highest BCUT2D eigenvalue weighted by Gasteiger charge is 2.18. The summed E-state index contributed by atoms with van der Waals surface area (Å²) in [5.74, 6) is -1.77. The Morgan fingerprint density at radius 2 is 1.79 bits per heavy atom. The van der Waals surface area contributed by atoms with E-state index in [1.165, 1.54) is 35.9 Å². The number of methoxy groups -OCH3 is 1. The minimum atomic E-state index is -0.834. The SMILES string of the molecule is COC(=O)c1ccc(NC(=O)COC(=O)c2nc3nc(C)cc(C)n3n2)cc1. The van der Waals surface area contributed by atoms with Crippen molar-refractivity contribution in [3.63, 3.8) is 0 Å². The molecule has 2 aromatic heterocycles. The molecular weight excluding hydrogens is 366 g/mol. The summed E-state index contributed by atoms with van der Waals surface area (Å²) in [6.07, 6.45) is 0. The van der Waals surface area contributed by atoms with Gasteiger partial charge in [0.05, 0.1) is 12.7 Å². The van der Waals surface area contributed by atoms with Gasteiger partial charge in [0, 0.05) is 17.1 Å². The smallest absolute Gasteiger partial charge is 0.378 e. The van der Waals surface area contributed by atoms with Crippen molar-refractivity contribution in [3.05, 3.63) is 53.1 Å². The van der Waals surface area contributed by atoms with Crippen LogP contribution in [0.2, 0.25) is 0 Å². The number of nitrogens with zero attached hydrogens (tertiary/aromatic N) is 4. The van der Waals surface area contributed by atoms with Gasteiger partial charge in [-0.05, 0) is 44.2 Å². The first-order valence-electron chi connectivity index (χ1n) is 8.24. The average molecular weight is 383 g/mol. The van der Waals surface area contributed by atoms with Crippen LogP contribution in [0.4, 0.5) is 5.69 Å². The van der Waals surface area contributed by atoms with Gasteiger partial charge in [-0.3, -0.25) is 4.79 Å². The lowest BCUT2D eigenvalue weighted by atomic mass is 10.2. The van der Waals surface area contributed by atoms with Crippen LogP contribution in [0.15, 0.2) is 30.3 Å². The number of aryl methyl sites for hydroxylation is 2. The summed E-state index contributed by atoms with van der Waals surface area (Å²) in [7, 11) is 1.28. The van der Waals surface area contributed by atoms with Gasteiger partial charge in [0.15, 0.2) is 6.61 Å².